The number of anilines is 2. The molecule has 5 rings (SSSR count). The Kier molecular flexibility index (Phi) is 8.77. The number of carbonyl (C=O) groups excluding carboxylic acids is 3. The van der Waals surface area contributed by atoms with Crippen LogP contribution < -0.4 is 10.2 Å². The number of rotatable bonds is 7. The highest BCUT2D eigenvalue weighted by molar-refractivity contribution is 6.14. The number of nitrogens with zero attached hydrogens (tertiary/aromatic N) is 7. The Balaban J connectivity index is 1.36. The number of likely N-dealkylation sites (N-methyl/N-ethyl adjacent to an activating group) is 1. The maximum atomic E-state index is 13.7. The Morgan fingerprint density at radius 2 is 1.67 bits per heavy atom. The van der Waals surface area contributed by atoms with Gasteiger partial charge >= 0.3 is 6.09 Å². The molecular formula is C33H44N8O4. The number of aromatic nitrogens is 4. The summed E-state index contributed by atoms with van der Waals surface area (Å²) in [4.78, 5) is 44.8. The SMILES string of the molecule is CCN(C(=O)OC(C)(C)C)C1CCN(c2ccc(C(=O)Nc3cc(CC(=O)N(C)C)c4nn(C)cc4c3)c3nn(C)cc23)CC1. The monoisotopic (exact) mass is 616 g/mol. The summed E-state index contributed by atoms with van der Waals surface area (Å²) in [6, 6.07) is 7.60. The average molecular weight is 617 g/mol. The first-order valence-corrected chi connectivity index (χ1v) is 15.4. The van der Waals surface area contributed by atoms with Gasteiger partial charge in [-0.1, -0.05) is 0 Å². The van der Waals surface area contributed by atoms with E-state index in [1.165, 1.54) is 0 Å². The van der Waals surface area contributed by atoms with E-state index in [2.05, 4.69) is 20.4 Å². The molecule has 12 heteroatoms. The molecule has 240 valence electrons. The third kappa shape index (κ3) is 6.89. The largest absolute Gasteiger partial charge is 0.444 e. The van der Waals surface area contributed by atoms with Crippen LogP contribution in [-0.2, 0) is 30.0 Å². The summed E-state index contributed by atoms with van der Waals surface area (Å²) in [5, 5.41) is 14.0. The summed E-state index contributed by atoms with van der Waals surface area (Å²) in [5.41, 5.74) is 3.62. The van der Waals surface area contributed by atoms with Gasteiger partial charge in [-0.25, -0.2) is 4.79 Å². The van der Waals surface area contributed by atoms with Crippen LogP contribution in [0.4, 0.5) is 16.2 Å². The van der Waals surface area contributed by atoms with Crippen LogP contribution in [-0.4, -0.2) is 92.6 Å². The van der Waals surface area contributed by atoms with Crippen LogP contribution in [0.25, 0.3) is 21.8 Å². The second-order valence-corrected chi connectivity index (χ2v) is 13.0. The number of benzene rings is 2. The van der Waals surface area contributed by atoms with Gasteiger partial charge in [0.05, 0.1) is 17.5 Å². The Morgan fingerprint density at radius 1 is 1.00 bits per heavy atom. The number of nitrogens with one attached hydrogen (secondary N) is 1. The molecular weight excluding hydrogens is 572 g/mol. The number of hydrogen-bond donors (Lipinski definition) is 1. The molecule has 1 fully saturated rings. The molecule has 0 bridgehead atoms. The van der Waals surface area contributed by atoms with E-state index in [9.17, 15) is 14.4 Å². The van der Waals surface area contributed by atoms with Gasteiger partial charge < -0.3 is 24.8 Å². The molecule has 4 aromatic rings. The fourth-order valence-corrected chi connectivity index (χ4v) is 5.99. The molecule has 0 radical (unpaired) electrons. The summed E-state index contributed by atoms with van der Waals surface area (Å²) in [7, 11) is 7.12. The number of piperidine rings is 1. The second kappa shape index (κ2) is 12.4. The van der Waals surface area contributed by atoms with Gasteiger partial charge in [-0.05, 0) is 70.4 Å². The third-order valence-corrected chi connectivity index (χ3v) is 8.13. The normalized spacial score (nSPS) is 14.2. The van der Waals surface area contributed by atoms with E-state index in [1.54, 1.807) is 28.4 Å². The zero-order valence-corrected chi connectivity index (χ0v) is 27.5. The third-order valence-electron chi connectivity index (χ3n) is 8.13. The van der Waals surface area contributed by atoms with Gasteiger partial charge in [0.15, 0.2) is 0 Å². The van der Waals surface area contributed by atoms with Crippen molar-refractivity contribution in [3.63, 3.8) is 0 Å². The number of hydrogen-bond acceptors (Lipinski definition) is 7. The van der Waals surface area contributed by atoms with Crippen molar-refractivity contribution >= 4 is 51.1 Å². The van der Waals surface area contributed by atoms with Gasteiger partial charge in [0, 0.05) is 88.4 Å². The molecule has 2 aromatic heterocycles. The molecule has 1 saturated heterocycles. The lowest BCUT2D eigenvalue weighted by atomic mass is 10.0. The highest BCUT2D eigenvalue weighted by Gasteiger charge is 2.31. The summed E-state index contributed by atoms with van der Waals surface area (Å²) >= 11 is 0. The second-order valence-electron chi connectivity index (χ2n) is 13.0. The van der Waals surface area contributed by atoms with E-state index < -0.39 is 5.60 Å². The van der Waals surface area contributed by atoms with Crippen LogP contribution in [0.3, 0.4) is 0 Å². The number of aryl methyl sites for hydroxylation is 2. The van der Waals surface area contributed by atoms with Crippen molar-refractivity contribution in [2.75, 3.05) is 43.9 Å². The van der Waals surface area contributed by atoms with Crippen LogP contribution in [0.15, 0.2) is 36.7 Å². The molecule has 0 aliphatic carbocycles. The van der Waals surface area contributed by atoms with E-state index in [1.807, 2.05) is 83.3 Å². The Bertz CT molecular complexity index is 1740. The Morgan fingerprint density at radius 3 is 2.31 bits per heavy atom. The first-order chi connectivity index (χ1) is 21.2. The van der Waals surface area contributed by atoms with Crippen LogP contribution in [0.2, 0.25) is 0 Å². The van der Waals surface area contributed by atoms with Gasteiger partial charge in [-0.15, -0.1) is 0 Å². The Hall–Kier alpha value is -4.61. The first kappa shape index (κ1) is 31.8. The smallest absolute Gasteiger partial charge is 0.410 e. The molecule has 0 unspecified atom stereocenters. The van der Waals surface area contributed by atoms with E-state index in [0.717, 1.165) is 53.5 Å². The predicted molar refractivity (Wildman–Crippen MR) is 176 cm³/mol. The minimum absolute atomic E-state index is 0.0486. The highest BCUT2D eigenvalue weighted by atomic mass is 16.6. The minimum atomic E-state index is -0.538. The summed E-state index contributed by atoms with van der Waals surface area (Å²) in [5.74, 6) is -0.333. The molecule has 1 N–H and O–H groups in total. The molecule has 0 spiro atoms. The lowest BCUT2D eigenvalue weighted by Crippen LogP contribution is -2.48. The fraction of sp³-hybridized carbons (Fsp3) is 0.485. The molecule has 1 aliphatic rings. The molecule has 0 atom stereocenters. The predicted octanol–water partition coefficient (Wildman–Crippen LogP) is 4.57. The highest BCUT2D eigenvalue weighted by Crippen LogP contribution is 2.33. The van der Waals surface area contributed by atoms with Crippen molar-refractivity contribution in [1.29, 1.82) is 0 Å². The van der Waals surface area contributed by atoms with Crippen LogP contribution in [0.1, 0.15) is 56.5 Å². The summed E-state index contributed by atoms with van der Waals surface area (Å²) < 4.78 is 9.08. The average Bonchev–Trinajstić information content (AvgIpc) is 3.53. The van der Waals surface area contributed by atoms with Crippen molar-refractivity contribution < 1.29 is 19.1 Å². The van der Waals surface area contributed by atoms with Crippen molar-refractivity contribution in [2.45, 2.75) is 58.6 Å². The molecule has 0 saturated carbocycles. The maximum absolute atomic E-state index is 13.7. The molecule has 45 heavy (non-hydrogen) atoms. The topological polar surface area (TPSA) is 118 Å². The molecule has 3 heterocycles. The van der Waals surface area contributed by atoms with Crippen molar-refractivity contribution in [3.8, 4) is 0 Å². The van der Waals surface area contributed by atoms with Crippen LogP contribution in [0.5, 0.6) is 0 Å². The van der Waals surface area contributed by atoms with E-state index in [-0.39, 0.29) is 30.4 Å². The zero-order valence-electron chi connectivity index (χ0n) is 27.5. The van der Waals surface area contributed by atoms with E-state index in [0.29, 0.717) is 23.3 Å². The van der Waals surface area contributed by atoms with Crippen molar-refractivity contribution in [3.05, 3.63) is 47.8 Å². The molecule has 2 aromatic carbocycles. The summed E-state index contributed by atoms with van der Waals surface area (Å²) in [6.45, 7) is 9.76. The van der Waals surface area contributed by atoms with E-state index in [4.69, 9.17) is 4.74 Å². The lowest BCUT2D eigenvalue weighted by molar-refractivity contribution is -0.127. The minimum Gasteiger partial charge on any atom is -0.444 e. The summed E-state index contributed by atoms with van der Waals surface area (Å²) in [6.07, 6.45) is 5.34. The van der Waals surface area contributed by atoms with Gasteiger partial charge in [0.25, 0.3) is 5.91 Å². The number of carbonyl (C=O) groups is 3. The van der Waals surface area contributed by atoms with Gasteiger partial charge in [0.1, 0.15) is 11.1 Å². The Labute approximate surface area is 263 Å². The molecule has 1 aliphatic heterocycles. The quantitative estimate of drug-likeness (QED) is 0.323. The maximum Gasteiger partial charge on any atom is 0.410 e. The molecule has 3 amide bonds. The van der Waals surface area contributed by atoms with E-state index >= 15 is 0 Å². The van der Waals surface area contributed by atoms with Crippen molar-refractivity contribution in [1.82, 2.24) is 29.4 Å². The van der Waals surface area contributed by atoms with Gasteiger partial charge in [-0.3, -0.25) is 19.0 Å². The van der Waals surface area contributed by atoms with Gasteiger partial charge in [-0.2, -0.15) is 10.2 Å². The van der Waals surface area contributed by atoms with Crippen molar-refractivity contribution in [2.24, 2.45) is 14.1 Å². The zero-order chi connectivity index (χ0) is 32.6. The fourth-order valence-electron chi connectivity index (χ4n) is 5.99. The lowest BCUT2D eigenvalue weighted by Gasteiger charge is -2.39. The first-order valence-electron chi connectivity index (χ1n) is 15.4. The standard InChI is InChI=1S/C33H44N8O4/c1-9-41(32(44)45-33(2,3)4)24-12-14-40(15-13-24)27-11-10-25(30-26(27)20-39(8)36-30)31(43)34-23-16-21(18-28(42)37(5)6)29-22(17-23)19-38(7)35-29/h10-11,16-17,19-20,24H,9,12-15,18H2,1-8H3,(H,34,43). The number of amides is 3. The number of fused-ring (bicyclic) bond motifs is 2. The molecule has 12 nitrogen and oxygen atoms in total. The van der Waals surface area contributed by atoms with Crippen LogP contribution in [0, 0.1) is 0 Å². The van der Waals surface area contributed by atoms with Gasteiger partial charge in [0.2, 0.25) is 5.91 Å². The number of ether oxygens (including phenoxy) is 1. The van der Waals surface area contributed by atoms with Crippen LogP contribution >= 0.6 is 0 Å².